The van der Waals surface area contributed by atoms with Crippen molar-refractivity contribution in [3.05, 3.63) is 82.7 Å². The summed E-state index contributed by atoms with van der Waals surface area (Å²) in [6.07, 6.45) is 2.60. The summed E-state index contributed by atoms with van der Waals surface area (Å²) < 4.78 is 7.48. The summed E-state index contributed by atoms with van der Waals surface area (Å²) in [7, 11) is 1.72. The number of ether oxygens (including phenoxy) is 1. The number of carbonyl (C=O) groups is 3. The lowest BCUT2D eigenvalue weighted by Gasteiger charge is -2.31. The number of carboxylic acids is 3. The van der Waals surface area contributed by atoms with Crippen molar-refractivity contribution in [3.8, 4) is 5.75 Å². The van der Waals surface area contributed by atoms with Crippen molar-refractivity contribution in [2.24, 2.45) is 0 Å². The van der Waals surface area contributed by atoms with Crippen LogP contribution >= 0.6 is 0 Å². The molecule has 1 saturated carbocycles. The van der Waals surface area contributed by atoms with Crippen LogP contribution in [0.2, 0.25) is 0 Å². The van der Waals surface area contributed by atoms with Gasteiger partial charge in [0, 0.05) is 23.3 Å². The molecule has 3 aromatic rings. The largest absolute Gasteiger partial charge is 0.497 e. The van der Waals surface area contributed by atoms with Gasteiger partial charge in [-0.15, -0.1) is 0 Å². The zero-order valence-electron chi connectivity index (χ0n) is 24.2. The number of nitrogens with one attached hydrogen (secondary N) is 1. The van der Waals surface area contributed by atoms with Crippen molar-refractivity contribution in [1.29, 1.82) is 0 Å². The monoisotopic (exact) mass is 581 g/mol. The van der Waals surface area contributed by atoms with Crippen LogP contribution in [0.1, 0.15) is 66.6 Å². The van der Waals surface area contributed by atoms with Gasteiger partial charge in [0.2, 0.25) is 0 Å². The summed E-state index contributed by atoms with van der Waals surface area (Å²) >= 11 is 0. The van der Waals surface area contributed by atoms with Crippen LogP contribution in [-0.4, -0.2) is 60.8 Å². The van der Waals surface area contributed by atoms with Crippen LogP contribution in [0, 0.1) is 13.8 Å². The van der Waals surface area contributed by atoms with Gasteiger partial charge in [0.15, 0.2) is 5.60 Å². The zero-order valence-corrected chi connectivity index (χ0v) is 24.2. The highest BCUT2D eigenvalue weighted by atomic mass is 16.5. The number of methoxy groups -OCH3 is 1. The molecule has 4 rings (SSSR count). The predicted molar refractivity (Wildman–Crippen MR) is 154 cm³/mol. The van der Waals surface area contributed by atoms with Gasteiger partial charge in [0.25, 0.3) is 0 Å². The van der Waals surface area contributed by atoms with Crippen molar-refractivity contribution < 1.29 is 39.5 Å². The Morgan fingerprint density at radius 2 is 1.52 bits per heavy atom. The fraction of sp³-hybridized carbons (Fsp3) is 0.419. The minimum Gasteiger partial charge on any atom is -0.497 e. The van der Waals surface area contributed by atoms with E-state index < -0.39 is 36.4 Å². The molecule has 11 nitrogen and oxygen atoms in total. The number of rotatable bonds is 12. The topological polar surface area (TPSA) is 171 Å². The number of aromatic nitrogens is 2. The van der Waals surface area contributed by atoms with E-state index >= 15 is 0 Å². The lowest BCUT2D eigenvalue weighted by atomic mass is 9.87. The van der Waals surface area contributed by atoms with E-state index in [1.807, 2.05) is 0 Å². The van der Waals surface area contributed by atoms with Crippen LogP contribution < -0.4 is 10.1 Å². The maximum atomic E-state index is 10.3. The first kappa shape index (κ1) is 32.3. The Hall–Kier alpha value is -4.22. The van der Waals surface area contributed by atoms with Crippen molar-refractivity contribution >= 4 is 17.9 Å². The Kier molecular flexibility index (Phi) is 10.8. The molecule has 11 heteroatoms. The Morgan fingerprint density at radius 1 is 0.952 bits per heavy atom. The minimum atomic E-state index is -2.74. The number of hydrogen-bond acceptors (Lipinski definition) is 7. The van der Waals surface area contributed by atoms with Crippen molar-refractivity contribution in [3.63, 3.8) is 0 Å². The molecule has 0 amide bonds. The van der Waals surface area contributed by atoms with E-state index in [9.17, 15) is 14.4 Å². The molecule has 5 N–H and O–H groups in total. The van der Waals surface area contributed by atoms with Gasteiger partial charge in [-0.1, -0.05) is 55.3 Å². The fourth-order valence-corrected chi connectivity index (χ4v) is 5.33. The summed E-state index contributed by atoms with van der Waals surface area (Å²) in [6.45, 7) is 5.98. The smallest absolute Gasteiger partial charge is 0.336 e. The molecule has 1 aliphatic carbocycles. The minimum absolute atomic E-state index is 0.0483. The number of aliphatic carboxylic acids is 3. The van der Waals surface area contributed by atoms with Crippen LogP contribution in [0.4, 0.5) is 0 Å². The lowest BCUT2D eigenvalue weighted by molar-refractivity contribution is -0.170. The first-order valence-corrected chi connectivity index (χ1v) is 13.7. The summed E-state index contributed by atoms with van der Waals surface area (Å²) in [6, 6.07) is 19.1. The third-order valence-electron chi connectivity index (χ3n) is 7.70. The second-order valence-corrected chi connectivity index (χ2v) is 10.6. The number of benzene rings is 2. The zero-order chi connectivity index (χ0) is 30.9. The van der Waals surface area contributed by atoms with Gasteiger partial charge in [-0.2, -0.15) is 5.10 Å². The molecule has 1 fully saturated rings. The molecular formula is C31H39N3O8. The highest BCUT2D eigenvalue weighted by molar-refractivity contribution is 5.88. The number of carboxylic acid groups (broad SMARTS) is 3. The van der Waals surface area contributed by atoms with Crippen LogP contribution in [0.25, 0.3) is 0 Å². The molecule has 1 aliphatic rings. The van der Waals surface area contributed by atoms with Gasteiger partial charge in [0.1, 0.15) is 5.75 Å². The van der Waals surface area contributed by atoms with Gasteiger partial charge in [-0.25, -0.2) is 4.79 Å². The van der Waals surface area contributed by atoms with Gasteiger partial charge in [-0.05, 0) is 49.9 Å². The average molecular weight is 582 g/mol. The fourth-order valence-electron chi connectivity index (χ4n) is 5.33. The standard InChI is InChI=1S/C25H31N3O.C6H8O7/c1-19-24(20(2)28(27-19)18-21-9-5-4-6-10-21)17-26-25(15-7-8-16-25)22-11-13-23(29-3)14-12-22;7-3(8)1-6(13,5(11)12)2-4(9)10/h4-6,9-14,26H,7-8,15-18H2,1-3H3;13H,1-2H2,(H,7,8)(H,9,10)(H,11,12). The Morgan fingerprint density at radius 3 is 2.02 bits per heavy atom. The van der Waals surface area contributed by atoms with Gasteiger partial charge < -0.3 is 30.5 Å². The first-order chi connectivity index (χ1) is 19.9. The van der Waals surface area contributed by atoms with E-state index in [1.165, 1.54) is 48.1 Å². The van der Waals surface area contributed by atoms with Crippen LogP contribution in [-0.2, 0) is 33.0 Å². The summed E-state index contributed by atoms with van der Waals surface area (Å²) in [4.78, 5) is 30.5. The molecule has 2 aromatic carbocycles. The average Bonchev–Trinajstić information content (AvgIpc) is 3.52. The first-order valence-electron chi connectivity index (χ1n) is 13.7. The maximum absolute atomic E-state index is 10.3. The molecule has 0 aliphatic heterocycles. The van der Waals surface area contributed by atoms with Gasteiger partial charge >= 0.3 is 17.9 Å². The number of aliphatic hydroxyl groups is 1. The van der Waals surface area contributed by atoms with E-state index in [1.54, 1.807) is 7.11 Å². The Balaban J connectivity index is 0.000000316. The third-order valence-corrected chi connectivity index (χ3v) is 7.70. The van der Waals surface area contributed by atoms with Crippen molar-refractivity contribution in [1.82, 2.24) is 15.1 Å². The summed E-state index contributed by atoms with van der Waals surface area (Å²) in [5.41, 5.74) is 3.65. The van der Waals surface area contributed by atoms with E-state index in [4.69, 9.17) is 30.3 Å². The van der Waals surface area contributed by atoms with Crippen LogP contribution in [0.15, 0.2) is 54.6 Å². The molecule has 0 bridgehead atoms. The number of hydrogen-bond donors (Lipinski definition) is 5. The quantitative estimate of drug-likeness (QED) is 0.211. The lowest BCUT2D eigenvalue weighted by Crippen LogP contribution is -2.42. The molecule has 0 atom stereocenters. The van der Waals surface area contributed by atoms with E-state index in [2.05, 4.69) is 78.4 Å². The molecule has 42 heavy (non-hydrogen) atoms. The SMILES string of the molecule is COc1ccc(C2(NCc3c(C)nn(Cc4ccccc4)c3C)CCCC2)cc1.O=C(O)CC(O)(CC(=O)O)C(=O)O. The third kappa shape index (κ3) is 8.17. The van der Waals surface area contributed by atoms with Crippen molar-refractivity contribution in [2.75, 3.05) is 7.11 Å². The Labute approximate surface area is 244 Å². The molecule has 0 saturated heterocycles. The molecular weight excluding hydrogens is 542 g/mol. The summed E-state index contributed by atoms with van der Waals surface area (Å²) in [5, 5.41) is 42.6. The molecule has 226 valence electrons. The normalized spacial score (nSPS) is 14.1. The molecule has 1 aromatic heterocycles. The van der Waals surface area contributed by atoms with Gasteiger partial charge in [-0.3, -0.25) is 14.3 Å². The van der Waals surface area contributed by atoms with E-state index in [0.717, 1.165) is 24.5 Å². The van der Waals surface area contributed by atoms with Crippen molar-refractivity contribution in [2.45, 2.75) is 76.6 Å². The number of aryl methyl sites for hydroxylation is 1. The van der Waals surface area contributed by atoms with Gasteiger partial charge in [0.05, 0.1) is 32.2 Å². The molecule has 0 radical (unpaired) electrons. The Bertz CT molecular complexity index is 1350. The predicted octanol–water partition coefficient (Wildman–Crippen LogP) is 3.87. The molecule has 0 unspecified atom stereocenters. The van der Waals surface area contributed by atoms with E-state index in [-0.39, 0.29) is 5.54 Å². The molecule has 1 heterocycles. The maximum Gasteiger partial charge on any atom is 0.336 e. The highest BCUT2D eigenvalue weighted by Gasteiger charge is 2.41. The second-order valence-electron chi connectivity index (χ2n) is 10.6. The van der Waals surface area contributed by atoms with Crippen LogP contribution in [0.3, 0.4) is 0 Å². The van der Waals surface area contributed by atoms with E-state index in [0.29, 0.717) is 0 Å². The second kappa shape index (κ2) is 14.1. The van der Waals surface area contributed by atoms with Crippen LogP contribution in [0.5, 0.6) is 5.75 Å². The number of nitrogens with zero attached hydrogens (tertiary/aromatic N) is 2. The molecule has 0 spiro atoms. The highest BCUT2D eigenvalue weighted by Crippen LogP contribution is 2.39. The summed E-state index contributed by atoms with van der Waals surface area (Å²) in [5.74, 6) is -4.11.